The van der Waals surface area contributed by atoms with E-state index in [1.54, 1.807) is 7.11 Å². The normalized spacial score (nSPS) is 17.5. The average Bonchev–Trinajstić information content (AvgIpc) is 2.90. The summed E-state index contributed by atoms with van der Waals surface area (Å²) >= 11 is 0. The van der Waals surface area contributed by atoms with Crippen LogP contribution in [0.3, 0.4) is 0 Å². The molecule has 1 aliphatic rings. The first-order chi connectivity index (χ1) is 11.1. The summed E-state index contributed by atoms with van der Waals surface area (Å²) in [5.41, 5.74) is 3.19. The highest BCUT2D eigenvalue weighted by Gasteiger charge is 2.32. The fourth-order valence-corrected chi connectivity index (χ4v) is 3.11. The molecule has 0 radical (unpaired) electrons. The van der Waals surface area contributed by atoms with Crippen LogP contribution in [0.25, 0.3) is 0 Å². The molecule has 2 atom stereocenters. The van der Waals surface area contributed by atoms with E-state index in [2.05, 4.69) is 18.3 Å². The molecule has 2 aromatic carbocycles. The maximum absolute atomic E-state index is 12.9. The van der Waals surface area contributed by atoms with E-state index in [4.69, 9.17) is 4.74 Å². The molecule has 2 aromatic rings. The van der Waals surface area contributed by atoms with Crippen molar-refractivity contribution in [2.24, 2.45) is 0 Å². The number of fused-ring (bicyclic) bond motifs is 1. The Kier molecular flexibility index (Phi) is 4.24. The molecule has 120 valence electrons. The van der Waals surface area contributed by atoms with Gasteiger partial charge >= 0.3 is 0 Å². The Morgan fingerprint density at radius 2 is 1.91 bits per heavy atom. The molecule has 3 rings (SSSR count). The predicted octanol–water partition coefficient (Wildman–Crippen LogP) is 3.47. The first kappa shape index (κ1) is 15.4. The molecule has 4 nitrogen and oxygen atoms in total. The number of anilines is 2. The fraction of sp³-hybridized carbons (Fsp3) is 0.316. The van der Waals surface area contributed by atoms with Crippen LogP contribution in [0.1, 0.15) is 19.4 Å². The molecular formula is C19H22N2O2. The standard InChI is InChI=1S/C19H22N2O2/c1-13-12-15-6-4-5-7-18(15)21(13)19(22)14(2)20-16-8-10-17(23-3)11-9-16/h4-11,13-14,20H,12H2,1-3H3. The summed E-state index contributed by atoms with van der Waals surface area (Å²) in [5.74, 6) is 0.898. The summed E-state index contributed by atoms with van der Waals surface area (Å²) < 4.78 is 5.15. The highest BCUT2D eigenvalue weighted by atomic mass is 16.5. The summed E-state index contributed by atoms with van der Waals surface area (Å²) in [4.78, 5) is 14.8. The third-order valence-corrected chi connectivity index (χ3v) is 4.29. The molecule has 23 heavy (non-hydrogen) atoms. The van der Waals surface area contributed by atoms with Crippen LogP contribution in [0.4, 0.5) is 11.4 Å². The molecule has 1 N–H and O–H groups in total. The molecule has 1 heterocycles. The monoisotopic (exact) mass is 310 g/mol. The van der Waals surface area contributed by atoms with Crippen molar-refractivity contribution in [3.63, 3.8) is 0 Å². The lowest BCUT2D eigenvalue weighted by atomic mass is 10.1. The van der Waals surface area contributed by atoms with Crippen LogP contribution in [0.5, 0.6) is 5.75 Å². The molecule has 0 bridgehead atoms. The van der Waals surface area contributed by atoms with Gasteiger partial charge in [-0.15, -0.1) is 0 Å². The minimum Gasteiger partial charge on any atom is -0.497 e. The highest BCUT2D eigenvalue weighted by molar-refractivity contribution is 6.00. The second-order valence-electron chi connectivity index (χ2n) is 5.98. The molecule has 0 saturated heterocycles. The fourth-order valence-electron chi connectivity index (χ4n) is 3.11. The van der Waals surface area contributed by atoms with Gasteiger partial charge in [0, 0.05) is 17.4 Å². The molecule has 0 saturated carbocycles. The zero-order chi connectivity index (χ0) is 16.4. The van der Waals surface area contributed by atoms with Gasteiger partial charge in [-0.3, -0.25) is 4.79 Å². The van der Waals surface area contributed by atoms with E-state index >= 15 is 0 Å². The Hall–Kier alpha value is -2.49. The van der Waals surface area contributed by atoms with E-state index in [0.29, 0.717) is 0 Å². The maximum Gasteiger partial charge on any atom is 0.249 e. The Labute approximate surface area is 137 Å². The van der Waals surface area contributed by atoms with E-state index in [1.165, 1.54) is 5.56 Å². The number of rotatable bonds is 4. The molecule has 1 amide bonds. The number of benzene rings is 2. The Morgan fingerprint density at radius 1 is 1.22 bits per heavy atom. The van der Waals surface area contributed by atoms with Gasteiger partial charge in [0.2, 0.25) is 5.91 Å². The summed E-state index contributed by atoms with van der Waals surface area (Å²) in [6.45, 7) is 4.00. The summed E-state index contributed by atoms with van der Waals surface area (Å²) in [6.07, 6.45) is 0.914. The van der Waals surface area contributed by atoms with Crippen LogP contribution >= 0.6 is 0 Å². The SMILES string of the molecule is COc1ccc(NC(C)C(=O)N2c3ccccc3CC2C)cc1. The lowest BCUT2D eigenvalue weighted by Crippen LogP contribution is -2.44. The number of nitrogens with zero attached hydrogens (tertiary/aromatic N) is 1. The highest BCUT2D eigenvalue weighted by Crippen LogP contribution is 2.32. The van der Waals surface area contributed by atoms with Gasteiger partial charge in [0.1, 0.15) is 11.8 Å². The average molecular weight is 310 g/mol. The van der Waals surface area contributed by atoms with Crippen molar-refractivity contribution in [1.29, 1.82) is 0 Å². The summed E-state index contributed by atoms with van der Waals surface area (Å²) in [5, 5.41) is 3.27. The number of amides is 1. The molecule has 0 fully saturated rings. The first-order valence-corrected chi connectivity index (χ1v) is 7.91. The first-order valence-electron chi connectivity index (χ1n) is 7.91. The van der Waals surface area contributed by atoms with Gasteiger partial charge in [-0.2, -0.15) is 0 Å². The third kappa shape index (κ3) is 3.02. The molecule has 0 aliphatic carbocycles. The lowest BCUT2D eigenvalue weighted by molar-refractivity contribution is -0.119. The Balaban J connectivity index is 1.74. The number of methoxy groups -OCH3 is 1. The number of ether oxygens (including phenoxy) is 1. The van der Waals surface area contributed by atoms with Crippen LogP contribution < -0.4 is 15.0 Å². The minimum atomic E-state index is -0.294. The van der Waals surface area contributed by atoms with Gasteiger partial charge in [0.25, 0.3) is 0 Å². The van der Waals surface area contributed by atoms with Crippen molar-refractivity contribution in [3.8, 4) is 5.75 Å². The van der Waals surface area contributed by atoms with Crippen molar-refractivity contribution in [3.05, 3.63) is 54.1 Å². The second-order valence-corrected chi connectivity index (χ2v) is 5.98. The number of hydrogen-bond donors (Lipinski definition) is 1. The third-order valence-electron chi connectivity index (χ3n) is 4.29. The predicted molar refractivity (Wildman–Crippen MR) is 93.2 cm³/mol. The van der Waals surface area contributed by atoms with Crippen LogP contribution in [-0.4, -0.2) is 25.1 Å². The Bertz CT molecular complexity index is 697. The number of hydrogen-bond acceptors (Lipinski definition) is 3. The zero-order valence-corrected chi connectivity index (χ0v) is 13.7. The molecule has 1 aliphatic heterocycles. The van der Waals surface area contributed by atoms with Crippen molar-refractivity contribution >= 4 is 17.3 Å². The summed E-state index contributed by atoms with van der Waals surface area (Å²) in [6, 6.07) is 15.6. The number of carbonyl (C=O) groups is 1. The largest absolute Gasteiger partial charge is 0.497 e. The topological polar surface area (TPSA) is 41.6 Å². The van der Waals surface area contributed by atoms with Gasteiger partial charge in [-0.25, -0.2) is 0 Å². The van der Waals surface area contributed by atoms with Crippen LogP contribution in [0.2, 0.25) is 0 Å². The van der Waals surface area contributed by atoms with Gasteiger partial charge in [-0.1, -0.05) is 18.2 Å². The quantitative estimate of drug-likeness (QED) is 0.940. The van der Waals surface area contributed by atoms with Crippen molar-refractivity contribution in [2.45, 2.75) is 32.4 Å². The smallest absolute Gasteiger partial charge is 0.249 e. The van der Waals surface area contributed by atoms with E-state index in [9.17, 15) is 4.79 Å². The van der Waals surface area contributed by atoms with Crippen molar-refractivity contribution < 1.29 is 9.53 Å². The molecule has 4 heteroatoms. The van der Waals surface area contributed by atoms with Crippen molar-refractivity contribution in [1.82, 2.24) is 0 Å². The van der Waals surface area contributed by atoms with Crippen LogP contribution in [0.15, 0.2) is 48.5 Å². The number of carbonyl (C=O) groups excluding carboxylic acids is 1. The number of nitrogens with one attached hydrogen (secondary N) is 1. The number of para-hydroxylation sites is 1. The lowest BCUT2D eigenvalue weighted by Gasteiger charge is -2.27. The minimum absolute atomic E-state index is 0.0956. The van der Waals surface area contributed by atoms with E-state index in [0.717, 1.165) is 23.5 Å². The zero-order valence-electron chi connectivity index (χ0n) is 13.7. The molecule has 0 spiro atoms. The van der Waals surface area contributed by atoms with E-state index in [1.807, 2.05) is 54.3 Å². The maximum atomic E-state index is 12.9. The van der Waals surface area contributed by atoms with Gasteiger partial charge in [0.15, 0.2) is 0 Å². The van der Waals surface area contributed by atoms with E-state index in [-0.39, 0.29) is 18.0 Å². The van der Waals surface area contributed by atoms with Crippen LogP contribution in [0, 0.1) is 0 Å². The van der Waals surface area contributed by atoms with Gasteiger partial charge in [0.05, 0.1) is 7.11 Å². The van der Waals surface area contributed by atoms with Gasteiger partial charge < -0.3 is 15.0 Å². The Morgan fingerprint density at radius 3 is 2.61 bits per heavy atom. The van der Waals surface area contributed by atoms with Gasteiger partial charge in [-0.05, 0) is 56.2 Å². The molecular weight excluding hydrogens is 288 g/mol. The molecule has 2 unspecified atom stereocenters. The van der Waals surface area contributed by atoms with Crippen molar-refractivity contribution in [2.75, 3.05) is 17.3 Å². The van der Waals surface area contributed by atoms with Crippen LogP contribution in [-0.2, 0) is 11.2 Å². The molecule has 0 aromatic heterocycles. The second kappa shape index (κ2) is 6.32. The summed E-state index contributed by atoms with van der Waals surface area (Å²) in [7, 11) is 1.64. The van der Waals surface area contributed by atoms with E-state index < -0.39 is 0 Å².